The smallest absolute Gasteiger partial charge is 0.280 e. The Balaban J connectivity index is 2.03. The lowest BCUT2D eigenvalue weighted by Gasteiger charge is -2.37. The van der Waals surface area contributed by atoms with Crippen LogP contribution in [0.1, 0.15) is 51.9 Å². The number of nitrogens with zero attached hydrogens (tertiary/aromatic N) is 1. The van der Waals surface area contributed by atoms with Crippen molar-refractivity contribution in [2.75, 3.05) is 13.1 Å². The topological polar surface area (TPSA) is 75.4 Å². The number of hydrogen-bond acceptors (Lipinski definition) is 3. The van der Waals surface area contributed by atoms with Gasteiger partial charge in [-0.05, 0) is 31.6 Å². The maximum Gasteiger partial charge on any atom is 0.280 e. The molecule has 1 heterocycles. The minimum atomic E-state index is -3.37. The number of nitrogens with one attached hydrogen (secondary N) is 1. The summed E-state index contributed by atoms with van der Waals surface area (Å²) in [5, 5.41) is 0. The SMILES string of the molecule is CC1CCCCC1NS(=O)(=O)N1CCCCC1CN. The van der Waals surface area contributed by atoms with E-state index in [4.69, 9.17) is 5.73 Å². The average molecular weight is 289 g/mol. The molecule has 19 heavy (non-hydrogen) atoms. The molecular weight excluding hydrogens is 262 g/mol. The quantitative estimate of drug-likeness (QED) is 0.817. The second-order valence-corrected chi connectivity index (χ2v) is 7.64. The van der Waals surface area contributed by atoms with Crippen LogP contribution in [0.15, 0.2) is 0 Å². The van der Waals surface area contributed by atoms with E-state index in [9.17, 15) is 8.42 Å². The number of piperidine rings is 1. The molecule has 0 aromatic rings. The Hall–Kier alpha value is -0.170. The minimum Gasteiger partial charge on any atom is -0.329 e. The molecule has 0 radical (unpaired) electrons. The largest absolute Gasteiger partial charge is 0.329 e. The summed E-state index contributed by atoms with van der Waals surface area (Å²) in [6.45, 7) is 3.17. The van der Waals surface area contributed by atoms with Crippen molar-refractivity contribution in [2.24, 2.45) is 11.7 Å². The molecule has 3 unspecified atom stereocenters. The second kappa shape index (κ2) is 6.52. The van der Waals surface area contributed by atoms with Crippen molar-refractivity contribution in [1.82, 2.24) is 9.03 Å². The fourth-order valence-corrected chi connectivity index (χ4v) is 5.10. The molecule has 1 aliphatic heterocycles. The fraction of sp³-hybridized carbons (Fsp3) is 1.00. The summed E-state index contributed by atoms with van der Waals surface area (Å²) in [4.78, 5) is 0. The summed E-state index contributed by atoms with van der Waals surface area (Å²) in [7, 11) is -3.37. The zero-order valence-electron chi connectivity index (χ0n) is 11.8. The van der Waals surface area contributed by atoms with Crippen LogP contribution < -0.4 is 10.5 Å². The first-order valence-electron chi connectivity index (χ1n) is 7.54. The minimum absolute atomic E-state index is 0.0230. The van der Waals surface area contributed by atoms with Gasteiger partial charge in [-0.25, -0.2) is 0 Å². The molecule has 3 atom stereocenters. The van der Waals surface area contributed by atoms with Crippen molar-refractivity contribution in [3.05, 3.63) is 0 Å². The van der Waals surface area contributed by atoms with Gasteiger partial charge in [-0.2, -0.15) is 17.4 Å². The third-order valence-electron chi connectivity index (χ3n) is 4.57. The maximum atomic E-state index is 12.5. The molecule has 0 aromatic carbocycles. The summed E-state index contributed by atoms with van der Waals surface area (Å²) >= 11 is 0. The highest BCUT2D eigenvalue weighted by molar-refractivity contribution is 7.87. The molecule has 112 valence electrons. The van der Waals surface area contributed by atoms with E-state index in [1.807, 2.05) is 0 Å². The van der Waals surface area contributed by atoms with Crippen LogP contribution in [-0.2, 0) is 10.2 Å². The van der Waals surface area contributed by atoms with Gasteiger partial charge in [0, 0.05) is 25.2 Å². The Morgan fingerprint density at radius 3 is 2.53 bits per heavy atom. The Kier molecular flexibility index (Phi) is 5.22. The van der Waals surface area contributed by atoms with E-state index in [1.54, 1.807) is 4.31 Å². The third-order valence-corrected chi connectivity index (χ3v) is 6.26. The number of rotatable bonds is 4. The van der Waals surface area contributed by atoms with Crippen LogP contribution in [0.4, 0.5) is 0 Å². The Morgan fingerprint density at radius 2 is 1.84 bits per heavy atom. The molecule has 3 N–H and O–H groups in total. The first-order valence-corrected chi connectivity index (χ1v) is 8.98. The van der Waals surface area contributed by atoms with E-state index >= 15 is 0 Å². The zero-order chi connectivity index (χ0) is 13.9. The molecule has 2 aliphatic rings. The molecule has 1 saturated heterocycles. The normalized spacial score (nSPS) is 34.3. The zero-order valence-corrected chi connectivity index (χ0v) is 12.7. The van der Waals surface area contributed by atoms with Crippen molar-refractivity contribution in [3.63, 3.8) is 0 Å². The lowest BCUT2D eigenvalue weighted by atomic mass is 9.87. The van der Waals surface area contributed by atoms with Gasteiger partial charge in [-0.1, -0.05) is 26.2 Å². The van der Waals surface area contributed by atoms with Crippen LogP contribution in [0.2, 0.25) is 0 Å². The molecule has 0 aromatic heterocycles. The molecule has 1 saturated carbocycles. The van der Waals surface area contributed by atoms with E-state index in [2.05, 4.69) is 11.6 Å². The molecule has 0 amide bonds. The summed E-state index contributed by atoms with van der Waals surface area (Å²) in [5.41, 5.74) is 5.72. The molecular formula is C13H27N3O2S. The summed E-state index contributed by atoms with van der Waals surface area (Å²) in [5.74, 6) is 0.435. The van der Waals surface area contributed by atoms with Gasteiger partial charge >= 0.3 is 0 Å². The van der Waals surface area contributed by atoms with E-state index in [0.717, 1.165) is 38.5 Å². The van der Waals surface area contributed by atoms with Crippen LogP contribution in [0.3, 0.4) is 0 Å². The van der Waals surface area contributed by atoms with Gasteiger partial charge in [-0.3, -0.25) is 0 Å². The van der Waals surface area contributed by atoms with Crippen molar-refractivity contribution in [1.29, 1.82) is 0 Å². The summed E-state index contributed by atoms with van der Waals surface area (Å²) < 4.78 is 29.6. The molecule has 5 nitrogen and oxygen atoms in total. The summed E-state index contributed by atoms with van der Waals surface area (Å²) in [6.07, 6.45) is 7.32. The molecule has 2 rings (SSSR count). The molecule has 2 fully saturated rings. The van der Waals surface area contributed by atoms with E-state index in [0.29, 0.717) is 19.0 Å². The Labute approximate surface area is 117 Å². The van der Waals surface area contributed by atoms with Gasteiger partial charge < -0.3 is 5.73 Å². The Morgan fingerprint density at radius 1 is 1.16 bits per heavy atom. The molecule has 0 bridgehead atoms. The van der Waals surface area contributed by atoms with E-state index in [1.165, 1.54) is 6.42 Å². The van der Waals surface area contributed by atoms with Crippen molar-refractivity contribution < 1.29 is 8.42 Å². The van der Waals surface area contributed by atoms with Gasteiger partial charge in [0.05, 0.1) is 0 Å². The first-order chi connectivity index (χ1) is 9.04. The van der Waals surface area contributed by atoms with Crippen LogP contribution >= 0.6 is 0 Å². The van der Waals surface area contributed by atoms with E-state index < -0.39 is 10.2 Å². The van der Waals surface area contributed by atoms with Crippen molar-refractivity contribution >= 4 is 10.2 Å². The van der Waals surface area contributed by atoms with Crippen LogP contribution in [-0.4, -0.2) is 37.9 Å². The van der Waals surface area contributed by atoms with Gasteiger partial charge in [0.15, 0.2) is 0 Å². The van der Waals surface area contributed by atoms with Crippen LogP contribution in [0.25, 0.3) is 0 Å². The highest BCUT2D eigenvalue weighted by Gasteiger charge is 2.34. The fourth-order valence-electron chi connectivity index (χ4n) is 3.28. The predicted molar refractivity (Wildman–Crippen MR) is 76.9 cm³/mol. The highest BCUT2D eigenvalue weighted by atomic mass is 32.2. The van der Waals surface area contributed by atoms with Crippen LogP contribution in [0, 0.1) is 5.92 Å². The van der Waals surface area contributed by atoms with E-state index in [-0.39, 0.29) is 12.1 Å². The van der Waals surface area contributed by atoms with Gasteiger partial charge in [-0.15, -0.1) is 0 Å². The average Bonchev–Trinajstić information content (AvgIpc) is 2.41. The predicted octanol–water partition coefficient (Wildman–Crippen LogP) is 1.21. The van der Waals surface area contributed by atoms with Gasteiger partial charge in [0.1, 0.15) is 0 Å². The highest BCUT2D eigenvalue weighted by Crippen LogP contribution is 2.26. The second-order valence-electron chi connectivity index (χ2n) is 5.99. The lowest BCUT2D eigenvalue weighted by molar-refractivity contribution is 0.244. The molecule has 6 heteroatoms. The molecule has 1 aliphatic carbocycles. The maximum absolute atomic E-state index is 12.5. The Bertz CT molecular complexity index is 385. The standard InChI is InChI=1S/C13H27N3O2S/c1-11-6-2-3-8-13(11)15-19(17,18)16-9-5-4-7-12(16)10-14/h11-13,15H,2-10,14H2,1H3. The number of nitrogens with two attached hydrogens (primary N) is 1. The summed E-state index contributed by atoms with van der Waals surface area (Å²) in [6, 6.07) is 0.0734. The molecule has 0 spiro atoms. The first kappa shape index (κ1) is 15.2. The van der Waals surface area contributed by atoms with Crippen molar-refractivity contribution in [3.8, 4) is 0 Å². The van der Waals surface area contributed by atoms with Crippen molar-refractivity contribution in [2.45, 2.75) is 64.0 Å². The number of hydrogen-bond donors (Lipinski definition) is 2. The van der Waals surface area contributed by atoms with Crippen LogP contribution in [0.5, 0.6) is 0 Å². The monoisotopic (exact) mass is 289 g/mol. The van der Waals surface area contributed by atoms with Gasteiger partial charge in [0.2, 0.25) is 0 Å². The third kappa shape index (κ3) is 3.68. The van der Waals surface area contributed by atoms with Gasteiger partial charge in [0.25, 0.3) is 10.2 Å². The lowest BCUT2D eigenvalue weighted by Crippen LogP contribution is -2.54.